The van der Waals surface area contributed by atoms with Gasteiger partial charge in [0.1, 0.15) is 6.04 Å². The molecule has 21 heavy (non-hydrogen) atoms. The number of carboxylic acid groups (broad SMARTS) is 1. The lowest BCUT2D eigenvalue weighted by Gasteiger charge is -2.33. The van der Waals surface area contributed by atoms with Crippen LogP contribution in [0.5, 0.6) is 0 Å². The Labute approximate surface area is 127 Å². The van der Waals surface area contributed by atoms with Crippen molar-refractivity contribution in [1.82, 2.24) is 9.03 Å². The number of aliphatic carboxylic acids is 1. The molecule has 122 valence electrons. The molecule has 0 aromatic rings. The molecule has 7 heteroatoms. The average molecular weight is 318 g/mol. The van der Waals surface area contributed by atoms with E-state index < -0.39 is 22.2 Å². The van der Waals surface area contributed by atoms with Gasteiger partial charge in [-0.1, -0.05) is 19.8 Å². The van der Waals surface area contributed by atoms with Gasteiger partial charge in [0.05, 0.1) is 0 Å². The number of carbonyl (C=O) groups is 1. The van der Waals surface area contributed by atoms with Crippen molar-refractivity contribution >= 4 is 16.2 Å². The molecule has 0 aromatic carbocycles. The summed E-state index contributed by atoms with van der Waals surface area (Å²) in [6.07, 6.45) is 6.28. The Morgan fingerprint density at radius 3 is 2.48 bits per heavy atom. The monoisotopic (exact) mass is 318 g/mol. The number of nitrogens with zero attached hydrogens (tertiary/aromatic N) is 1. The highest BCUT2D eigenvalue weighted by Gasteiger charge is 2.36. The summed E-state index contributed by atoms with van der Waals surface area (Å²) in [7, 11) is -3.69. The summed E-state index contributed by atoms with van der Waals surface area (Å²) in [5.74, 6) is 0.0620. The number of carboxylic acids is 1. The zero-order chi connectivity index (χ0) is 15.5. The molecule has 0 bridgehead atoms. The molecule has 2 rings (SSSR count). The summed E-state index contributed by atoms with van der Waals surface area (Å²) in [6, 6.07) is -0.914. The Balaban J connectivity index is 1.92. The summed E-state index contributed by atoms with van der Waals surface area (Å²) in [5.41, 5.74) is 0. The summed E-state index contributed by atoms with van der Waals surface area (Å²) >= 11 is 0. The SMILES string of the molecule is CC1CCC(CNS(=O)(=O)N2CCCCC2C(=O)O)CC1. The van der Waals surface area contributed by atoms with Crippen LogP contribution in [0.1, 0.15) is 51.9 Å². The first-order valence-corrected chi connectivity index (χ1v) is 9.33. The Kier molecular flexibility index (Phi) is 5.62. The Hall–Kier alpha value is -0.660. The van der Waals surface area contributed by atoms with Gasteiger partial charge in [0, 0.05) is 13.1 Å². The van der Waals surface area contributed by atoms with E-state index in [2.05, 4.69) is 11.6 Å². The third-order valence-corrected chi connectivity index (χ3v) is 6.32. The fourth-order valence-electron chi connectivity index (χ4n) is 3.28. The summed E-state index contributed by atoms with van der Waals surface area (Å²) < 4.78 is 28.5. The van der Waals surface area contributed by atoms with E-state index in [-0.39, 0.29) is 0 Å². The molecular weight excluding hydrogens is 292 g/mol. The van der Waals surface area contributed by atoms with Crippen LogP contribution in [-0.4, -0.2) is 42.9 Å². The summed E-state index contributed by atoms with van der Waals surface area (Å²) in [4.78, 5) is 11.2. The fraction of sp³-hybridized carbons (Fsp3) is 0.929. The third-order valence-electron chi connectivity index (χ3n) is 4.74. The second-order valence-electron chi connectivity index (χ2n) is 6.44. The quantitative estimate of drug-likeness (QED) is 0.806. The fourth-order valence-corrected chi connectivity index (χ4v) is 4.79. The lowest BCUT2D eigenvalue weighted by atomic mass is 9.83. The van der Waals surface area contributed by atoms with Gasteiger partial charge in [-0.25, -0.2) is 4.72 Å². The molecule has 0 aromatic heterocycles. The maximum atomic E-state index is 12.4. The Morgan fingerprint density at radius 1 is 1.19 bits per heavy atom. The average Bonchev–Trinajstić information content (AvgIpc) is 2.47. The zero-order valence-electron chi connectivity index (χ0n) is 12.6. The van der Waals surface area contributed by atoms with Crippen LogP contribution in [0.15, 0.2) is 0 Å². The number of rotatable bonds is 5. The standard InChI is InChI=1S/C14H26N2O4S/c1-11-5-7-12(8-6-11)10-15-21(19,20)16-9-3-2-4-13(16)14(17)18/h11-13,15H,2-10H2,1H3,(H,17,18). The molecule has 1 atom stereocenters. The van der Waals surface area contributed by atoms with Crippen molar-refractivity contribution in [2.75, 3.05) is 13.1 Å². The van der Waals surface area contributed by atoms with Crippen molar-refractivity contribution in [3.63, 3.8) is 0 Å². The van der Waals surface area contributed by atoms with Crippen molar-refractivity contribution in [3.8, 4) is 0 Å². The van der Waals surface area contributed by atoms with Gasteiger partial charge in [-0.15, -0.1) is 0 Å². The molecule has 1 heterocycles. The van der Waals surface area contributed by atoms with Crippen LogP contribution in [0.2, 0.25) is 0 Å². The van der Waals surface area contributed by atoms with E-state index in [0.29, 0.717) is 25.4 Å². The minimum absolute atomic E-state index is 0.300. The molecule has 0 amide bonds. The number of hydrogen-bond donors (Lipinski definition) is 2. The second-order valence-corrected chi connectivity index (χ2v) is 8.15. The smallest absolute Gasteiger partial charge is 0.322 e. The number of nitrogens with one attached hydrogen (secondary N) is 1. The van der Waals surface area contributed by atoms with Crippen molar-refractivity contribution in [1.29, 1.82) is 0 Å². The lowest BCUT2D eigenvalue weighted by Crippen LogP contribution is -2.52. The minimum atomic E-state index is -3.69. The molecule has 1 unspecified atom stereocenters. The molecule has 0 spiro atoms. The van der Waals surface area contributed by atoms with Crippen molar-refractivity contribution < 1.29 is 18.3 Å². The van der Waals surface area contributed by atoms with Gasteiger partial charge < -0.3 is 5.11 Å². The zero-order valence-corrected chi connectivity index (χ0v) is 13.4. The first-order chi connectivity index (χ1) is 9.90. The van der Waals surface area contributed by atoms with Crippen LogP contribution >= 0.6 is 0 Å². The van der Waals surface area contributed by atoms with Crippen molar-refractivity contribution in [3.05, 3.63) is 0 Å². The van der Waals surface area contributed by atoms with Gasteiger partial charge in [-0.3, -0.25) is 4.79 Å². The highest BCUT2D eigenvalue weighted by Crippen LogP contribution is 2.28. The van der Waals surface area contributed by atoms with Crippen molar-refractivity contribution in [2.45, 2.75) is 57.9 Å². The van der Waals surface area contributed by atoms with Crippen LogP contribution in [0, 0.1) is 11.8 Å². The predicted octanol–water partition coefficient (Wildman–Crippen LogP) is 1.59. The molecule has 6 nitrogen and oxygen atoms in total. The van der Waals surface area contributed by atoms with E-state index in [1.807, 2.05) is 0 Å². The molecule has 1 saturated carbocycles. The van der Waals surface area contributed by atoms with Crippen LogP contribution < -0.4 is 4.72 Å². The van der Waals surface area contributed by atoms with Gasteiger partial charge >= 0.3 is 5.97 Å². The van der Waals surface area contributed by atoms with E-state index in [1.165, 1.54) is 0 Å². The highest BCUT2D eigenvalue weighted by atomic mass is 32.2. The molecule has 1 saturated heterocycles. The Bertz CT molecular complexity index is 458. The largest absolute Gasteiger partial charge is 0.480 e. The van der Waals surface area contributed by atoms with Gasteiger partial charge in [-0.05, 0) is 43.9 Å². The first-order valence-electron chi connectivity index (χ1n) is 7.89. The van der Waals surface area contributed by atoms with E-state index in [1.54, 1.807) is 0 Å². The van der Waals surface area contributed by atoms with Gasteiger partial charge in [0.15, 0.2) is 0 Å². The van der Waals surface area contributed by atoms with E-state index >= 15 is 0 Å². The molecule has 2 fully saturated rings. The number of piperidine rings is 1. The maximum Gasteiger partial charge on any atom is 0.322 e. The third kappa shape index (κ3) is 4.40. The normalized spacial score (nSPS) is 32.0. The van der Waals surface area contributed by atoms with Crippen molar-refractivity contribution in [2.24, 2.45) is 11.8 Å². The topological polar surface area (TPSA) is 86.7 Å². The summed E-state index contributed by atoms with van der Waals surface area (Å²) in [5, 5.41) is 9.18. The van der Waals surface area contributed by atoms with Gasteiger partial charge in [-0.2, -0.15) is 12.7 Å². The molecule has 1 aliphatic heterocycles. The minimum Gasteiger partial charge on any atom is -0.480 e. The number of hydrogen-bond acceptors (Lipinski definition) is 3. The Morgan fingerprint density at radius 2 is 1.86 bits per heavy atom. The van der Waals surface area contributed by atoms with Crippen LogP contribution in [0.3, 0.4) is 0 Å². The second kappa shape index (κ2) is 7.07. The summed E-state index contributed by atoms with van der Waals surface area (Å²) in [6.45, 7) is 2.96. The highest BCUT2D eigenvalue weighted by molar-refractivity contribution is 7.87. The van der Waals surface area contributed by atoms with Gasteiger partial charge in [0.25, 0.3) is 10.2 Å². The van der Waals surface area contributed by atoms with Crippen LogP contribution in [-0.2, 0) is 15.0 Å². The molecule has 2 N–H and O–H groups in total. The molecular formula is C14H26N2O4S. The molecule has 0 radical (unpaired) electrons. The van der Waals surface area contributed by atoms with E-state index in [4.69, 9.17) is 0 Å². The predicted molar refractivity (Wildman–Crippen MR) is 80.0 cm³/mol. The molecule has 1 aliphatic carbocycles. The van der Waals surface area contributed by atoms with Crippen LogP contribution in [0.25, 0.3) is 0 Å². The maximum absolute atomic E-state index is 12.4. The van der Waals surface area contributed by atoms with E-state index in [0.717, 1.165) is 48.7 Å². The molecule has 2 aliphatic rings. The first kappa shape index (κ1) is 16.7. The van der Waals surface area contributed by atoms with Crippen LogP contribution in [0.4, 0.5) is 0 Å². The van der Waals surface area contributed by atoms with E-state index in [9.17, 15) is 18.3 Å². The lowest BCUT2D eigenvalue weighted by molar-refractivity contribution is -0.142. The van der Waals surface area contributed by atoms with Gasteiger partial charge in [0.2, 0.25) is 0 Å².